The van der Waals surface area contributed by atoms with Gasteiger partial charge in [0.1, 0.15) is 0 Å². The maximum atomic E-state index is 2.48. The van der Waals surface area contributed by atoms with Crippen LogP contribution in [0.2, 0.25) is 0 Å². The van der Waals surface area contributed by atoms with E-state index in [1.165, 1.54) is 23.7 Å². The van der Waals surface area contributed by atoms with Crippen LogP contribution in [-0.4, -0.2) is 0 Å². The molecule has 0 N–H and O–H groups in total. The molecule has 3 rings (SSSR count). The SMILES string of the molecule is CC1C2CC2[C@@H]2CCC12. The molecule has 50 valence electrons. The van der Waals surface area contributed by atoms with Crippen LogP contribution in [0.15, 0.2) is 0 Å². The number of hydrogen-bond acceptors (Lipinski definition) is 0. The molecule has 3 fully saturated rings. The van der Waals surface area contributed by atoms with E-state index in [-0.39, 0.29) is 0 Å². The summed E-state index contributed by atoms with van der Waals surface area (Å²) >= 11 is 0. The van der Waals surface area contributed by atoms with Gasteiger partial charge in [0.2, 0.25) is 0 Å². The van der Waals surface area contributed by atoms with E-state index >= 15 is 0 Å². The van der Waals surface area contributed by atoms with Gasteiger partial charge in [0.05, 0.1) is 0 Å². The minimum Gasteiger partial charge on any atom is -0.0620 e. The van der Waals surface area contributed by atoms with Gasteiger partial charge in [-0.2, -0.15) is 0 Å². The van der Waals surface area contributed by atoms with Gasteiger partial charge in [-0.05, 0) is 48.9 Å². The number of fused-ring (bicyclic) bond motifs is 3. The largest absolute Gasteiger partial charge is 0.0620 e. The first-order valence-electron chi connectivity index (χ1n) is 4.38. The van der Waals surface area contributed by atoms with E-state index in [4.69, 9.17) is 0 Å². The van der Waals surface area contributed by atoms with Gasteiger partial charge in [-0.25, -0.2) is 0 Å². The average Bonchev–Trinajstić information content (AvgIpc) is 2.38. The Morgan fingerprint density at radius 3 is 2.00 bits per heavy atom. The lowest BCUT2D eigenvalue weighted by Crippen LogP contribution is -2.27. The first-order chi connectivity index (χ1) is 4.38. The van der Waals surface area contributed by atoms with E-state index in [0.717, 1.165) is 5.92 Å². The highest BCUT2D eigenvalue weighted by Gasteiger charge is 2.60. The Morgan fingerprint density at radius 1 is 0.889 bits per heavy atom. The highest BCUT2D eigenvalue weighted by Crippen LogP contribution is 2.67. The maximum Gasteiger partial charge on any atom is -0.0349 e. The standard InChI is InChI=1S/C9H14/c1-5-6-2-3-7(6)9-4-8(5)9/h5-9H,2-4H2,1H3/t5?,6?,7-,8?,9?/m1/s1. The Labute approximate surface area is 56.6 Å². The minimum atomic E-state index is 1.12. The van der Waals surface area contributed by atoms with Crippen LogP contribution in [0.5, 0.6) is 0 Å². The first-order valence-corrected chi connectivity index (χ1v) is 4.38. The molecule has 0 aromatic rings. The molecule has 0 spiro atoms. The normalized spacial score (nSPS) is 68.3. The van der Waals surface area contributed by atoms with Crippen molar-refractivity contribution < 1.29 is 0 Å². The third-order valence-electron chi connectivity index (χ3n) is 4.18. The van der Waals surface area contributed by atoms with Crippen molar-refractivity contribution in [2.24, 2.45) is 29.6 Å². The molecule has 0 amide bonds. The van der Waals surface area contributed by atoms with Crippen molar-refractivity contribution in [3.63, 3.8) is 0 Å². The van der Waals surface area contributed by atoms with Gasteiger partial charge in [0.25, 0.3) is 0 Å². The monoisotopic (exact) mass is 122 g/mol. The number of rotatable bonds is 0. The Hall–Kier alpha value is 0. The topological polar surface area (TPSA) is 0 Å². The van der Waals surface area contributed by atoms with Crippen LogP contribution in [-0.2, 0) is 0 Å². The zero-order valence-electron chi connectivity index (χ0n) is 6.01. The van der Waals surface area contributed by atoms with E-state index in [0.29, 0.717) is 0 Å². The summed E-state index contributed by atoms with van der Waals surface area (Å²) in [6.45, 7) is 2.48. The summed E-state index contributed by atoms with van der Waals surface area (Å²) in [5, 5.41) is 0. The van der Waals surface area contributed by atoms with Crippen molar-refractivity contribution in [3.05, 3.63) is 0 Å². The van der Waals surface area contributed by atoms with Crippen LogP contribution in [0.25, 0.3) is 0 Å². The van der Waals surface area contributed by atoms with Gasteiger partial charge in [0.15, 0.2) is 0 Å². The fourth-order valence-corrected chi connectivity index (χ4v) is 3.39. The van der Waals surface area contributed by atoms with E-state index < -0.39 is 0 Å². The van der Waals surface area contributed by atoms with Gasteiger partial charge in [-0.3, -0.25) is 0 Å². The van der Waals surface area contributed by atoms with Gasteiger partial charge >= 0.3 is 0 Å². The lowest BCUT2D eigenvalue weighted by molar-refractivity contribution is 0.141. The molecule has 9 heavy (non-hydrogen) atoms. The Kier molecular flexibility index (Phi) is 0.640. The summed E-state index contributed by atoms with van der Waals surface area (Å²) in [7, 11) is 0. The molecule has 0 saturated heterocycles. The van der Waals surface area contributed by atoms with Crippen LogP contribution < -0.4 is 0 Å². The smallest absolute Gasteiger partial charge is 0.0349 e. The third kappa shape index (κ3) is 0.395. The summed E-state index contributed by atoms with van der Waals surface area (Å²) < 4.78 is 0. The summed E-state index contributed by atoms with van der Waals surface area (Å²) in [5.41, 5.74) is 0. The number of hydrogen-bond donors (Lipinski definition) is 0. The van der Waals surface area contributed by atoms with Crippen molar-refractivity contribution >= 4 is 0 Å². The van der Waals surface area contributed by atoms with Crippen molar-refractivity contribution in [2.45, 2.75) is 26.2 Å². The van der Waals surface area contributed by atoms with Crippen LogP contribution >= 0.6 is 0 Å². The molecule has 0 radical (unpaired) electrons. The summed E-state index contributed by atoms with van der Waals surface area (Å²) in [4.78, 5) is 0. The lowest BCUT2D eigenvalue weighted by Gasteiger charge is -2.36. The quantitative estimate of drug-likeness (QED) is 0.462. The lowest BCUT2D eigenvalue weighted by atomic mass is 9.70. The molecule has 0 heteroatoms. The molecule has 3 aliphatic carbocycles. The third-order valence-corrected chi connectivity index (χ3v) is 4.18. The van der Waals surface area contributed by atoms with Crippen LogP contribution in [0, 0.1) is 29.6 Å². The second-order valence-electron chi connectivity index (χ2n) is 4.33. The molecule has 3 aliphatic rings. The molecule has 0 aliphatic heterocycles. The molecular weight excluding hydrogens is 108 g/mol. The van der Waals surface area contributed by atoms with E-state index in [1.807, 2.05) is 0 Å². The molecule has 4 unspecified atom stereocenters. The van der Waals surface area contributed by atoms with E-state index in [2.05, 4.69) is 6.92 Å². The Balaban J connectivity index is 1.92. The van der Waals surface area contributed by atoms with Crippen molar-refractivity contribution in [2.75, 3.05) is 0 Å². The fraction of sp³-hybridized carbons (Fsp3) is 1.00. The average molecular weight is 122 g/mol. The van der Waals surface area contributed by atoms with Crippen LogP contribution in [0.4, 0.5) is 0 Å². The Bertz CT molecular complexity index is 135. The molecular formula is C9H14. The van der Waals surface area contributed by atoms with Crippen LogP contribution in [0.3, 0.4) is 0 Å². The molecule has 3 saturated carbocycles. The highest BCUT2D eigenvalue weighted by molar-refractivity contribution is 5.09. The second-order valence-corrected chi connectivity index (χ2v) is 4.33. The van der Waals surface area contributed by atoms with Crippen molar-refractivity contribution in [1.82, 2.24) is 0 Å². The molecule has 5 atom stereocenters. The summed E-state index contributed by atoms with van der Waals surface area (Å²) in [6.07, 6.45) is 4.75. The van der Waals surface area contributed by atoms with Gasteiger partial charge in [-0.15, -0.1) is 0 Å². The molecule has 0 nitrogen and oxygen atoms in total. The fourth-order valence-electron chi connectivity index (χ4n) is 3.39. The maximum absolute atomic E-state index is 2.48. The highest BCUT2D eigenvalue weighted by atomic mass is 14.6. The minimum absolute atomic E-state index is 1.12. The van der Waals surface area contributed by atoms with Gasteiger partial charge < -0.3 is 0 Å². The summed E-state index contributed by atoms with van der Waals surface area (Å²) in [5.74, 6) is 5.94. The van der Waals surface area contributed by atoms with Crippen molar-refractivity contribution in [3.8, 4) is 0 Å². The zero-order chi connectivity index (χ0) is 6.01. The van der Waals surface area contributed by atoms with Crippen molar-refractivity contribution in [1.29, 1.82) is 0 Å². The summed E-state index contributed by atoms with van der Waals surface area (Å²) in [6, 6.07) is 0. The van der Waals surface area contributed by atoms with E-state index in [9.17, 15) is 0 Å². The first kappa shape index (κ1) is 4.76. The van der Waals surface area contributed by atoms with E-state index in [1.54, 1.807) is 19.3 Å². The second kappa shape index (κ2) is 1.21. The molecule has 0 aromatic heterocycles. The zero-order valence-corrected chi connectivity index (χ0v) is 6.01. The Morgan fingerprint density at radius 2 is 1.67 bits per heavy atom. The van der Waals surface area contributed by atoms with Gasteiger partial charge in [0, 0.05) is 0 Å². The van der Waals surface area contributed by atoms with Crippen LogP contribution in [0.1, 0.15) is 26.2 Å². The van der Waals surface area contributed by atoms with Gasteiger partial charge in [-0.1, -0.05) is 6.92 Å². The molecule has 0 aromatic carbocycles. The molecule has 0 heterocycles. The predicted octanol–water partition coefficient (Wildman–Crippen LogP) is 2.30. The predicted molar refractivity (Wildman–Crippen MR) is 37.0 cm³/mol. The molecule has 0 bridgehead atoms.